The van der Waals surface area contributed by atoms with E-state index in [0.717, 1.165) is 24.9 Å². The first-order valence-electron chi connectivity index (χ1n) is 9.06. The average molecular weight is 356 g/mol. The molecule has 7 nitrogen and oxygen atoms in total. The van der Waals surface area contributed by atoms with Gasteiger partial charge in [-0.1, -0.05) is 6.07 Å². The second kappa shape index (κ2) is 6.64. The first kappa shape index (κ1) is 16.9. The van der Waals surface area contributed by atoms with Crippen LogP contribution in [0.3, 0.4) is 0 Å². The number of cyclic esters (lactones) is 1. The van der Waals surface area contributed by atoms with Gasteiger partial charge in [0.15, 0.2) is 0 Å². The van der Waals surface area contributed by atoms with Crippen molar-refractivity contribution in [2.75, 3.05) is 25.0 Å². The molecule has 2 heterocycles. The van der Waals surface area contributed by atoms with Gasteiger partial charge in [0.1, 0.15) is 6.10 Å². The molecular weight excluding hydrogens is 332 g/mol. The molecule has 1 unspecified atom stereocenters. The summed E-state index contributed by atoms with van der Waals surface area (Å²) < 4.78 is 5.38. The van der Waals surface area contributed by atoms with Crippen molar-refractivity contribution < 1.29 is 14.3 Å². The van der Waals surface area contributed by atoms with E-state index in [9.17, 15) is 9.59 Å². The number of ether oxygens (including phenoxy) is 1. The molecule has 0 radical (unpaired) electrons. The molecule has 1 saturated heterocycles. The minimum Gasteiger partial charge on any atom is -0.442 e. The zero-order valence-electron chi connectivity index (χ0n) is 15.1. The van der Waals surface area contributed by atoms with Crippen LogP contribution < -0.4 is 15.6 Å². The van der Waals surface area contributed by atoms with Crippen LogP contribution in [0.4, 0.5) is 10.5 Å². The van der Waals surface area contributed by atoms with E-state index in [2.05, 4.69) is 29.1 Å². The maximum atomic E-state index is 12.3. The van der Waals surface area contributed by atoms with Crippen LogP contribution in [0.15, 0.2) is 30.0 Å². The Morgan fingerprint density at radius 3 is 3.04 bits per heavy atom. The number of fused-ring (bicyclic) bond motifs is 3. The Bertz CT molecular complexity index is 776. The standard InChI is InChI=1S/C19H24N4O3/c1-12(24)20-9-16-11-23(19(25)26-16)15-6-7-17-13(8-15)4-3-5-14-10-22(2)21-18(14)17/h6-8,10,16,18,21H,3-5,9,11H2,1-2H3,(H,20,24)/t16-,18?/m0/s1. The first-order valence-corrected chi connectivity index (χ1v) is 9.06. The third-order valence-corrected chi connectivity index (χ3v) is 5.18. The molecule has 2 atom stereocenters. The highest BCUT2D eigenvalue weighted by atomic mass is 16.6. The van der Waals surface area contributed by atoms with Crippen molar-refractivity contribution in [1.82, 2.24) is 15.8 Å². The van der Waals surface area contributed by atoms with E-state index >= 15 is 0 Å². The van der Waals surface area contributed by atoms with Crippen LogP contribution in [0.1, 0.15) is 36.9 Å². The van der Waals surface area contributed by atoms with Crippen LogP contribution in [-0.4, -0.2) is 43.3 Å². The Kier molecular flexibility index (Phi) is 4.32. The van der Waals surface area contributed by atoms with Crippen LogP contribution in [0.5, 0.6) is 0 Å². The Balaban J connectivity index is 1.54. The lowest BCUT2D eigenvalue weighted by Crippen LogP contribution is -2.33. The number of hydrogen-bond donors (Lipinski definition) is 2. The Morgan fingerprint density at radius 2 is 2.23 bits per heavy atom. The van der Waals surface area contributed by atoms with Crippen LogP contribution in [-0.2, 0) is 16.0 Å². The van der Waals surface area contributed by atoms with E-state index < -0.39 is 0 Å². The third kappa shape index (κ3) is 3.14. The van der Waals surface area contributed by atoms with Gasteiger partial charge in [0, 0.05) is 25.9 Å². The van der Waals surface area contributed by atoms with E-state index in [1.54, 1.807) is 4.90 Å². The summed E-state index contributed by atoms with van der Waals surface area (Å²) >= 11 is 0. The summed E-state index contributed by atoms with van der Waals surface area (Å²) in [5.74, 6) is -0.123. The van der Waals surface area contributed by atoms with Gasteiger partial charge >= 0.3 is 6.09 Å². The predicted octanol–water partition coefficient (Wildman–Crippen LogP) is 1.86. The van der Waals surface area contributed by atoms with Crippen molar-refractivity contribution in [2.24, 2.45) is 0 Å². The maximum absolute atomic E-state index is 12.3. The minimum absolute atomic E-state index is 0.123. The number of hydrazine groups is 1. The van der Waals surface area contributed by atoms with Crippen LogP contribution in [0, 0.1) is 0 Å². The Hall–Kier alpha value is -2.54. The topological polar surface area (TPSA) is 73.9 Å². The van der Waals surface area contributed by atoms with Gasteiger partial charge in [0.05, 0.1) is 19.1 Å². The number of carbonyl (C=O) groups is 2. The van der Waals surface area contributed by atoms with Gasteiger partial charge in [0.2, 0.25) is 5.91 Å². The van der Waals surface area contributed by atoms with Gasteiger partial charge in [-0.05, 0) is 48.1 Å². The fourth-order valence-corrected chi connectivity index (χ4v) is 3.96. The molecule has 2 aliphatic heterocycles. The van der Waals surface area contributed by atoms with Crippen molar-refractivity contribution >= 4 is 17.7 Å². The number of aryl methyl sites for hydroxylation is 1. The van der Waals surface area contributed by atoms with E-state index in [1.165, 1.54) is 23.6 Å². The lowest BCUT2D eigenvalue weighted by molar-refractivity contribution is -0.119. The Morgan fingerprint density at radius 1 is 1.38 bits per heavy atom. The molecule has 138 valence electrons. The van der Waals surface area contributed by atoms with Crippen molar-refractivity contribution in [3.8, 4) is 0 Å². The smallest absolute Gasteiger partial charge is 0.414 e. The van der Waals surface area contributed by atoms with E-state index in [1.807, 2.05) is 18.1 Å². The van der Waals surface area contributed by atoms with Crippen LogP contribution >= 0.6 is 0 Å². The van der Waals surface area contributed by atoms with Gasteiger partial charge in [0.25, 0.3) is 0 Å². The van der Waals surface area contributed by atoms with E-state index in [4.69, 9.17) is 4.74 Å². The van der Waals surface area contributed by atoms with Crippen molar-refractivity contribution in [3.63, 3.8) is 0 Å². The SMILES string of the molecule is CC(=O)NC[C@H]1CN(c2ccc3c(c2)CCCC2=CN(C)NC23)C(=O)O1. The fourth-order valence-electron chi connectivity index (χ4n) is 3.96. The maximum Gasteiger partial charge on any atom is 0.414 e. The zero-order valence-corrected chi connectivity index (χ0v) is 15.1. The zero-order chi connectivity index (χ0) is 18.3. The van der Waals surface area contributed by atoms with Crippen LogP contribution in [0.2, 0.25) is 0 Å². The molecule has 1 fully saturated rings. The molecule has 0 bridgehead atoms. The van der Waals surface area contributed by atoms with Gasteiger partial charge in [-0.2, -0.15) is 0 Å². The van der Waals surface area contributed by atoms with Gasteiger partial charge < -0.3 is 15.1 Å². The molecule has 1 aromatic carbocycles. The van der Waals surface area contributed by atoms with E-state index in [0.29, 0.717) is 13.1 Å². The second-order valence-corrected chi connectivity index (χ2v) is 7.17. The monoisotopic (exact) mass is 356 g/mol. The first-order chi connectivity index (χ1) is 12.5. The van der Waals surface area contributed by atoms with Crippen LogP contribution in [0.25, 0.3) is 0 Å². The van der Waals surface area contributed by atoms with Crippen molar-refractivity contribution in [1.29, 1.82) is 0 Å². The number of hydrogen-bond acceptors (Lipinski definition) is 5. The summed E-state index contributed by atoms with van der Waals surface area (Å²) in [5, 5.41) is 4.73. The molecule has 1 aromatic rings. The van der Waals surface area contributed by atoms with Gasteiger partial charge in [-0.15, -0.1) is 0 Å². The van der Waals surface area contributed by atoms with Crippen molar-refractivity contribution in [3.05, 3.63) is 41.1 Å². The number of benzene rings is 1. The van der Waals surface area contributed by atoms with E-state index in [-0.39, 0.29) is 24.1 Å². The Labute approximate surface area is 152 Å². The van der Waals surface area contributed by atoms with Gasteiger partial charge in [-0.3, -0.25) is 9.69 Å². The summed E-state index contributed by atoms with van der Waals surface area (Å²) in [6, 6.07) is 6.45. The molecule has 4 rings (SSSR count). The lowest BCUT2D eigenvalue weighted by Gasteiger charge is -2.21. The predicted molar refractivity (Wildman–Crippen MR) is 97.4 cm³/mol. The molecule has 26 heavy (non-hydrogen) atoms. The lowest BCUT2D eigenvalue weighted by atomic mass is 9.97. The summed E-state index contributed by atoms with van der Waals surface area (Å²) in [6.45, 7) is 2.25. The quantitative estimate of drug-likeness (QED) is 0.865. The second-order valence-electron chi connectivity index (χ2n) is 7.17. The molecule has 7 heteroatoms. The van der Waals surface area contributed by atoms with Gasteiger partial charge in [-0.25, -0.2) is 10.2 Å². The number of carbonyl (C=O) groups excluding carboxylic acids is 2. The minimum atomic E-state index is -0.353. The average Bonchev–Trinajstić information content (AvgIpc) is 3.11. The molecule has 2 N–H and O–H groups in total. The number of anilines is 1. The number of nitrogens with zero attached hydrogens (tertiary/aromatic N) is 2. The highest BCUT2D eigenvalue weighted by Gasteiger charge is 2.34. The molecule has 0 aromatic heterocycles. The number of amides is 2. The molecular formula is C19H24N4O3. The largest absolute Gasteiger partial charge is 0.442 e. The summed E-state index contributed by atoms with van der Waals surface area (Å²) in [6.07, 6.45) is 4.69. The summed E-state index contributed by atoms with van der Waals surface area (Å²) in [7, 11) is 2.02. The molecule has 1 aliphatic carbocycles. The highest BCUT2D eigenvalue weighted by Crippen LogP contribution is 2.37. The summed E-state index contributed by atoms with van der Waals surface area (Å²) in [5.41, 5.74) is 8.31. The molecule has 3 aliphatic rings. The molecule has 0 spiro atoms. The number of rotatable bonds is 3. The summed E-state index contributed by atoms with van der Waals surface area (Å²) in [4.78, 5) is 25.0. The molecule has 2 amide bonds. The van der Waals surface area contributed by atoms with Crippen molar-refractivity contribution in [2.45, 2.75) is 38.3 Å². The number of nitrogens with one attached hydrogen (secondary N) is 2. The fraction of sp³-hybridized carbons (Fsp3) is 0.474. The third-order valence-electron chi connectivity index (χ3n) is 5.18. The normalized spacial score (nSPS) is 24.5. The molecule has 0 saturated carbocycles. The highest BCUT2D eigenvalue weighted by molar-refractivity contribution is 5.90.